The van der Waals surface area contributed by atoms with E-state index in [4.69, 9.17) is 5.11 Å². The number of carbonyl (C=O) groups is 1. The van der Waals surface area contributed by atoms with Crippen LogP contribution in [0.5, 0.6) is 0 Å². The summed E-state index contributed by atoms with van der Waals surface area (Å²) in [6.07, 6.45) is 0.479. The summed E-state index contributed by atoms with van der Waals surface area (Å²) in [5.74, 6) is -0.810. The van der Waals surface area contributed by atoms with E-state index in [9.17, 15) is 13.2 Å². The fourth-order valence-electron chi connectivity index (χ4n) is 1.38. The number of carboxylic acids is 1. The molecule has 0 aliphatic rings. The summed E-state index contributed by atoms with van der Waals surface area (Å²) in [6, 6.07) is 6.00. The minimum absolute atomic E-state index is 0.0892. The first kappa shape index (κ1) is 12.7. The van der Waals surface area contributed by atoms with Gasteiger partial charge in [0.15, 0.2) is 9.84 Å². The van der Waals surface area contributed by atoms with Crippen molar-refractivity contribution in [1.29, 1.82) is 0 Å². The Morgan fingerprint density at radius 3 is 2.25 bits per heavy atom. The van der Waals surface area contributed by atoms with Crippen molar-refractivity contribution in [3.63, 3.8) is 0 Å². The third-order valence-corrected chi connectivity index (χ3v) is 4.05. The number of hydrogen-bond donors (Lipinski definition) is 1. The smallest absolute Gasteiger partial charge is 0.307 e. The third-order valence-electron chi connectivity index (χ3n) is 2.11. The average molecular weight is 242 g/mol. The first-order valence-corrected chi connectivity index (χ1v) is 6.64. The van der Waals surface area contributed by atoms with E-state index in [2.05, 4.69) is 0 Å². The van der Waals surface area contributed by atoms with Crippen LogP contribution in [0, 0.1) is 0 Å². The molecular formula is C11H14O4S. The molecule has 0 saturated heterocycles. The predicted molar refractivity (Wildman–Crippen MR) is 60.1 cm³/mol. The van der Waals surface area contributed by atoms with Gasteiger partial charge in [0.2, 0.25) is 0 Å². The van der Waals surface area contributed by atoms with Crippen LogP contribution in [-0.2, 0) is 21.1 Å². The monoisotopic (exact) mass is 242 g/mol. The lowest BCUT2D eigenvalue weighted by molar-refractivity contribution is -0.136. The molecule has 0 aliphatic carbocycles. The van der Waals surface area contributed by atoms with Gasteiger partial charge in [-0.25, -0.2) is 8.42 Å². The van der Waals surface area contributed by atoms with Gasteiger partial charge in [0.05, 0.1) is 17.1 Å². The number of benzene rings is 1. The topological polar surface area (TPSA) is 71.4 Å². The molecule has 0 saturated carbocycles. The number of aliphatic carboxylic acids is 1. The van der Waals surface area contributed by atoms with Crippen molar-refractivity contribution in [1.82, 2.24) is 0 Å². The van der Waals surface area contributed by atoms with Crippen molar-refractivity contribution in [3.8, 4) is 0 Å². The van der Waals surface area contributed by atoms with Crippen LogP contribution >= 0.6 is 0 Å². The largest absolute Gasteiger partial charge is 0.481 e. The Balaban J connectivity index is 2.91. The fourth-order valence-corrected chi connectivity index (χ4v) is 2.70. The first-order valence-electron chi connectivity index (χ1n) is 4.99. The Bertz CT molecular complexity index is 459. The van der Waals surface area contributed by atoms with Crippen LogP contribution in [-0.4, -0.2) is 25.2 Å². The Morgan fingerprint density at radius 1 is 1.25 bits per heavy atom. The minimum atomic E-state index is -3.20. The van der Waals surface area contributed by atoms with Crippen LogP contribution in [0.15, 0.2) is 29.2 Å². The molecule has 88 valence electrons. The molecule has 0 radical (unpaired) electrons. The highest BCUT2D eigenvalue weighted by Gasteiger charge is 2.12. The Hall–Kier alpha value is -1.36. The van der Waals surface area contributed by atoms with Crippen molar-refractivity contribution in [3.05, 3.63) is 29.8 Å². The SMILES string of the molecule is CCCS(=O)(=O)c1ccc(CC(=O)O)cc1. The highest BCUT2D eigenvalue weighted by Crippen LogP contribution is 2.13. The van der Waals surface area contributed by atoms with Crippen molar-refractivity contribution in [2.75, 3.05) is 5.75 Å². The Kier molecular flexibility index (Phi) is 4.06. The number of rotatable bonds is 5. The zero-order chi connectivity index (χ0) is 12.2. The second-order valence-corrected chi connectivity index (χ2v) is 5.64. The van der Waals surface area contributed by atoms with Crippen LogP contribution in [0.25, 0.3) is 0 Å². The minimum Gasteiger partial charge on any atom is -0.481 e. The molecule has 0 amide bonds. The lowest BCUT2D eigenvalue weighted by Crippen LogP contribution is -2.06. The summed E-state index contributed by atoms with van der Waals surface area (Å²) in [4.78, 5) is 10.7. The predicted octanol–water partition coefficient (Wildman–Crippen LogP) is 1.50. The van der Waals surface area contributed by atoms with E-state index in [1.807, 2.05) is 0 Å². The van der Waals surface area contributed by atoms with Crippen molar-refractivity contribution in [2.24, 2.45) is 0 Å². The van der Waals surface area contributed by atoms with E-state index in [0.717, 1.165) is 0 Å². The molecule has 0 atom stereocenters. The molecule has 1 aromatic carbocycles. The zero-order valence-electron chi connectivity index (χ0n) is 9.01. The van der Waals surface area contributed by atoms with E-state index < -0.39 is 15.8 Å². The molecule has 0 fully saturated rings. The van der Waals surface area contributed by atoms with E-state index in [1.54, 1.807) is 6.92 Å². The van der Waals surface area contributed by atoms with E-state index in [1.165, 1.54) is 24.3 Å². The number of sulfone groups is 1. The van der Waals surface area contributed by atoms with Crippen LogP contribution in [0.2, 0.25) is 0 Å². The standard InChI is InChI=1S/C11H14O4S/c1-2-7-16(14,15)10-5-3-9(4-6-10)8-11(12)13/h3-6H,2,7-8H2,1H3,(H,12,13). The quantitative estimate of drug-likeness (QED) is 0.849. The van der Waals surface area contributed by atoms with Gasteiger partial charge in [0.1, 0.15) is 0 Å². The first-order chi connectivity index (χ1) is 7.45. The van der Waals surface area contributed by atoms with Crippen LogP contribution in [0.4, 0.5) is 0 Å². The maximum Gasteiger partial charge on any atom is 0.307 e. The normalized spacial score (nSPS) is 11.3. The van der Waals surface area contributed by atoms with E-state index >= 15 is 0 Å². The fraction of sp³-hybridized carbons (Fsp3) is 0.364. The molecule has 0 unspecified atom stereocenters. The van der Waals surface area contributed by atoms with Gasteiger partial charge in [-0.15, -0.1) is 0 Å². The molecule has 5 heteroatoms. The molecule has 16 heavy (non-hydrogen) atoms. The van der Waals surface area contributed by atoms with Crippen LogP contribution in [0.3, 0.4) is 0 Å². The average Bonchev–Trinajstić information content (AvgIpc) is 2.17. The summed E-state index contributed by atoms with van der Waals surface area (Å²) in [6.45, 7) is 1.80. The highest BCUT2D eigenvalue weighted by molar-refractivity contribution is 7.91. The van der Waals surface area contributed by atoms with E-state index in [-0.39, 0.29) is 17.1 Å². The van der Waals surface area contributed by atoms with E-state index in [0.29, 0.717) is 12.0 Å². The summed E-state index contributed by atoms with van der Waals surface area (Å²) in [7, 11) is -3.20. The van der Waals surface area contributed by atoms with Crippen molar-refractivity contribution >= 4 is 15.8 Å². The molecule has 1 N–H and O–H groups in total. The summed E-state index contributed by atoms with van der Waals surface area (Å²) in [5.41, 5.74) is 0.600. The molecule has 1 aromatic rings. The van der Waals surface area contributed by atoms with Gasteiger partial charge in [-0.2, -0.15) is 0 Å². The maximum absolute atomic E-state index is 11.6. The van der Waals surface area contributed by atoms with Crippen molar-refractivity contribution < 1.29 is 18.3 Å². The summed E-state index contributed by atoms with van der Waals surface area (Å²) >= 11 is 0. The van der Waals surface area contributed by atoms with Gasteiger partial charge >= 0.3 is 5.97 Å². The Morgan fingerprint density at radius 2 is 1.81 bits per heavy atom. The molecule has 0 heterocycles. The van der Waals surface area contributed by atoms with Crippen LogP contribution < -0.4 is 0 Å². The van der Waals surface area contributed by atoms with Gasteiger partial charge in [-0.05, 0) is 24.1 Å². The third kappa shape index (κ3) is 3.34. The molecule has 0 aromatic heterocycles. The van der Waals surface area contributed by atoms with Gasteiger partial charge in [0, 0.05) is 0 Å². The second kappa shape index (κ2) is 5.12. The maximum atomic E-state index is 11.6. The molecule has 1 rings (SSSR count). The van der Waals surface area contributed by atoms with Gasteiger partial charge < -0.3 is 5.11 Å². The Labute approximate surface area is 94.8 Å². The van der Waals surface area contributed by atoms with Gasteiger partial charge in [-0.3, -0.25) is 4.79 Å². The lowest BCUT2D eigenvalue weighted by Gasteiger charge is -2.03. The molecule has 0 aliphatic heterocycles. The summed E-state index contributed by atoms with van der Waals surface area (Å²) in [5, 5.41) is 8.56. The number of carboxylic acid groups (broad SMARTS) is 1. The molecule has 0 bridgehead atoms. The van der Waals surface area contributed by atoms with Crippen molar-refractivity contribution in [2.45, 2.75) is 24.7 Å². The summed E-state index contributed by atoms with van der Waals surface area (Å²) < 4.78 is 23.3. The highest BCUT2D eigenvalue weighted by atomic mass is 32.2. The zero-order valence-corrected chi connectivity index (χ0v) is 9.83. The molecule has 0 spiro atoms. The van der Waals surface area contributed by atoms with Crippen LogP contribution in [0.1, 0.15) is 18.9 Å². The lowest BCUT2D eigenvalue weighted by atomic mass is 10.2. The second-order valence-electron chi connectivity index (χ2n) is 3.53. The molecular weight excluding hydrogens is 228 g/mol. The van der Waals surface area contributed by atoms with Gasteiger partial charge in [0.25, 0.3) is 0 Å². The number of hydrogen-bond acceptors (Lipinski definition) is 3. The van der Waals surface area contributed by atoms with Gasteiger partial charge in [-0.1, -0.05) is 19.1 Å². The molecule has 4 nitrogen and oxygen atoms in total.